The molecule has 3 fully saturated rings. The smallest absolute Gasteiger partial charge is 0.227 e. The number of rotatable bonds is 4. The number of amides is 2. The maximum atomic E-state index is 13.0. The van der Waals surface area contributed by atoms with Gasteiger partial charge in [-0.15, -0.1) is 0 Å². The molecular weight excluding hydrogens is 350 g/mol. The van der Waals surface area contributed by atoms with Crippen molar-refractivity contribution in [2.45, 2.75) is 63.5 Å². The molecule has 5 heteroatoms. The largest absolute Gasteiger partial charge is 0.353 e. The third-order valence-corrected chi connectivity index (χ3v) is 7.03. The van der Waals surface area contributed by atoms with Gasteiger partial charge in [0.2, 0.25) is 11.8 Å². The van der Waals surface area contributed by atoms with Crippen LogP contribution < -0.4 is 11.1 Å². The Kier molecular flexibility index (Phi) is 6.00. The molecule has 3 unspecified atom stereocenters. The third kappa shape index (κ3) is 4.40. The molecule has 1 saturated heterocycles. The monoisotopic (exact) mass is 383 g/mol. The molecule has 1 aromatic carbocycles. The summed E-state index contributed by atoms with van der Waals surface area (Å²) in [6.45, 7) is 1.32. The van der Waals surface area contributed by atoms with Crippen LogP contribution >= 0.6 is 0 Å². The highest BCUT2D eigenvalue weighted by molar-refractivity contribution is 5.82. The molecule has 3 aliphatic rings. The first-order valence-corrected chi connectivity index (χ1v) is 11.0. The van der Waals surface area contributed by atoms with Gasteiger partial charge in [0.05, 0.1) is 12.3 Å². The molecule has 28 heavy (non-hydrogen) atoms. The zero-order valence-corrected chi connectivity index (χ0v) is 16.7. The Morgan fingerprint density at radius 2 is 1.75 bits per heavy atom. The molecule has 2 saturated carbocycles. The summed E-state index contributed by atoms with van der Waals surface area (Å²) in [7, 11) is 0. The molecule has 2 amide bonds. The van der Waals surface area contributed by atoms with Gasteiger partial charge in [-0.25, -0.2) is 0 Å². The summed E-state index contributed by atoms with van der Waals surface area (Å²) in [6, 6.07) is 10.4. The average Bonchev–Trinajstić information content (AvgIpc) is 2.69. The molecule has 0 aromatic heterocycles. The van der Waals surface area contributed by atoms with Crippen molar-refractivity contribution < 1.29 is 9.59 Å². The number of piperidine rings is 1. The van der Waals surface area contributed by atoms with E-state index in [0.717, 1.165) is 37.8 Å². The molecule has 5 nitrogen and oxygen atoms in total. The summed E-state index contributed by atoms with van der Waals surface area (Å²) in [6.07, 6.45) is 7.90. The first-order valence-electron chi connectivity index (χ1n) is 11.0. The molecule has 2 bridgehead atoms. The van der Waals surface area contributed by atoms with Crippen LogP contribution in [0.3, 0.4) is 0 Å². The van der Waals surface area contributed by atoms with E-state index in [0.29, 0.717) is 30.8 Å². The van der Waals surface area contributed by atoms with Gasteiger partial charge in [-0.2, -0.15) is 0 Å². The minimum atomic E-state index is -0.0789. The Morgan fingerprint density at radius 3 is 2.46 bits per heavy atom. The Labute approximate surface area is 168 Å². The zero-order chi connectivity index (χ0) is 19.5. The van der Waals surface area contributed by atoms with Crippen LogP contribution in [-0.2, 0) is 16.0 Å². The number of carbonyl (C=O) groups is 2. The number of likely N-dealkylation sites (tertiary alicyclic amines) is 1. The first kappa shape index (κ1) is 19.4. The van der Waals surface area contributed by atoms with E-state index in [1.165, 1.54) is 19.3 Å². The van der Waals surface area contributed by atoms with Gasteiger partial charge >= 0.3 is 0 Å². The lowest BCUT2D eigenvalue weighted by atomic mass is 9.67. The van der Waals surface area contributed by atoms with Crippen molar-refractivity contribution in [3.63, 3.8) is 0 Å². The summed E-state index contributed by atoms with van der Waals surface area (Å²) < 4.78 is 0. The number of nitrogens with one attached hydrogen (secondary N) is 1. The van der Waals surface area contributed by atoms with Gasteiger partial charge < -0.3 is 16.0 Å². The minimum Gasteiger partial charge on any atom is -0.353 e. The molecule has 3 N–H and O–H groups in total. The maximum Gasteiger partial charge on any atom is 0.227 e. The van der Waals surface area contributed by atoms with Crippen molar-refractivity contribution in [3.8, 4) is 0 Å². The van der Waals surface area contributed by atoms with Gasteiger partial charge in [0.1, 0.15) is 0 Å². The minimum absolute atomic E-state index is 0.0789. The standard InChI is InChI=1S/C23H33N3O2/c24-20-13-17-8-4-9-18(14-20)22(17)25-23(28)19-10-5-11-26(15-19)21(27)12-16-6-2-1-3-7-16/h1-3,6-7,17-20,22H,4-5,8-15,24H2,(H,25,28). The fraction of sp³-hybridized carbons (Fsp3) is 0.652. The highest BCUT2D eigenvalue weighted by Crippen LogP contribution is 2.39. The van der Waals surface area contributed by atoms with Crippen molar-refractivity contribution in [1.29, 1.82) is 0 Å². The number of fused-ring (bicyclic) bond motifs is 2. The number of carbonyl (C=O) groups excluding carboxylic acids is 2. The van der Waals surface area contributed by atoms with E-state index in [-0.39, 0.29) is 23.8 Å². The van der Waals surface area contributed by atoms with Crippen LogP contribution in [0, 0.1) is 17.8 Å². The second-order valence-electron chi connectivity index (χ2n) is 9.06. The molecular formula is C23H33N3O2. The highest BCUT2D eigenvalue weighted by Gasteiger charge is 2.41. The van der Waals surface area contributed by atoms with Crippen molar-refractivity contribution in [3.05, 3.63) is 35.9 Å². The van der Waals surface area contributed by atoms with Crippen LogP contribution in [0.1, 0.15) is 50.5 Å². The molecule has 2 aliphatic carbocycles. The molecule has 1 aromatic rings. The van der Waals surface area contributed by atoms with E-state index < -0.39 is 0 Å². The van der Waals surface area contributed by atoms with E-state index in [9.17, 15) is 9.59 Å². The molecule has 3 atom stereocenters. The summed E-state index contributed by atoms with van der Waals surface area (Å²) in [5, 5.41) is 3.39. The molecule has 152 valence electrons. The molecule has 0 spiro atoms. The van der Waals surface area contributed by atoms with E-state index in [1.54, 1.807) is 0 Å². The quantitative estimate of drug-likeness (QED) is 0.839. The lowest BCUT2D eigenvalue weighted by molar-refractivity contribution is -0.136. The Hall–Kier alpha value is -1.88. The van der Waals surface area contributed by atoms with Crippen molar-refractivity contribution in [2.24, 2.45) is 23.5 Å². The summed E-state index contributed by atoms with van der Waals surface area (Å²) in [5.74, 6) is 1.26. The number of benzene rings is 1. The normalized spacial score (nSPS) is 32.6. The number of nitrogens with two attached hydrogens (primary N) is 1. The number of nitrogens with zero attached hydrogens (tertiary/aromatic N) is 1. The lowest BCUT2D eigenvalue weighted by Gasteiger charge is -2.46. The summed E-state index contributed by atoms with van der Waals surface area (Å²) in [4.78, 5) is 27.6. The number of hydrogen-bond acceptors (Lipinski definition) is 3. The van der Waals surface area contributed by atoms with Gasteiger partial charge in [0, 0.05) is 25.2 Å². The fourth-order valence-electron chi connectivity index (χ4n) is 5.61. The molecule has 4 rings (SSSR count). The predicted molar refractivity (Wildman–Crippen MR) is 109 cm³/mol. The highest BCUT2D eigenvalue weighted by atomic mass is 16.2. The average molecular weight is 384 g/mol. The third-order valence-electron chi connectivity index (χ3n) is 7.03. The maximum absolute atomic E-state index is 13.0. The first-order chi connectivity index (χ1) is 13.6. The second-order valence-corrected chi connectivity index (χ2v) is 9.06. The van der Waals surface area contributed by atoms with Gasteiger partial charge in [-0.05, 0) is 55.9 Å². The molecule has 1 aliphatic heterocycles. The fourth-order valence-corrected chi connectivity index (χ4v) is 5.61. The molecule has 1 heterocycles. The van der Waals surface area contributed by atoms with Crippen LogP contribution in [0.15, 0.2) is 30.3 Å². The topological polar surface area (TPSA) is 75.4 Å². The predicted octanol–water partition coefficient (Wildman–Crippen LogP) is 2.49. The lowest BCUT2D eigenvalue weighted by Crippen LogP contribution is -2.56. The summed E-state index contributed by atoms with van der Waals surface area (Å²) >= 11 is 0. The Balaban J connectivity index is 1.34. The van der Waals surface area contributed by atoms with E-state index in [2.05, 4.69) is 5.32 Å². The number of hydrogen-bond donors (Lipinski definition) is 2. The van der Waals surface area contributed by atoms with Crippen molar-refractivity contribution in [2.75, 3.05) is 13.1 Å². The summed E-state index contributed by atoms with van der Waals surface area (Å²) in [5.41, 5.74) is 7.25. The van der Waals surface area contributed by atoms with E-state index in [4.69, 9.17) is 5.73 Å². The van der Waals surface area contributed by atoms with Crippen molar-refractivity contribution >= 4 is 11.8 Å². The van der Waals surface area contributed by atoms with Crippen LogP contribution in [0.5, 0.6) is 0 Å². The van der Waals surface area contributed by atoms with Crippen molar-refractivity contribution in [1.82, 2.24) is 10.2 Å². The second kappa shape index (κ2) is 8.64. The van der Waals surface area contributed by atoms with Gasteiger partial charge in [0.15, 0.2) is 0 Å². The van der Waals surface area contributed by atoms with Gasteiger partial charge in [0.25, 0.3) is 0 Å². The van der Waals surface area contributed by atoms with Gasteiger partial charge in [-0.1, -0.05) is 36.8 Å². The Morgan fingerprint density at radius 1 is 1.04 bits per heavy atom. The van der Waals surface area contributed by atoms with Crippen LogP contribution in [-0.4, -0.2) is 41.9 Å². The van der Waals surface area contributed by atoms with Crippen LogP contribution in [0.2, 0.25) is 0 Å². The van der Waals surface area contributed by atoms with E-state index >= 15 is 0 Å². The Bertz CT molecular complexity index is 678. The van der Waals surface area contributed by atoms with Crippen LogP contribution in [0.25, 0.3) is 0 Å². The van der Waals surface area contributed by atoms with Crippen LogP contribution in [0.4, 0.5) is 0 Å². The zero-order valence-electron chi connectivity index (χ0n) is 16.7. The molecule has 0 radical (unpaired) electrons. The van der Waals surface area contributed by atoms with Gasteiger partial charge in [-0.3, -0.25) is 9.59 Å². The SMILES string of the molecule is NC1CC2CCCC(C1)C2NC(=O)C1CCCN(C(=O)Cc2ccccc2)C1. The van der Waals surface area contributed by atoms with E-state index in [1.807, 2.05) is 35.2 Å².